The Labute approximate surface area is 854 Å². The first-order chi connectivity index (χ1) is 68.4. The first-order valence-electron chi connectivity index (χ1n) is 49.3. The van der Waals surface area contributed by atoms with Crippen LogP contribution in [0.3, 0.4) is 0 Å². The van der Waals surface area contributed by atoms with Gasteiger partial charge < -0.3 is 64.1 Å². The molecule has 0 spiro atoms. The zero-order valence-electron chi connectivity index (χ0n) is 93.2. The predicted molar refractivity (Wildman–Crippen MR) is 626 cm³/mol. The fourth-order valence-corrected chi connectivity index (χ4v) is 10.7. The van der Waals surface area contributed by atoms with Crippen LogP contribution < -0.4 is 50.4 Å². The van der Waals surface area contributed by atoms with Crippen LogP contribution in [0.1, 0.15) is 225 Å². The summed E-state index contributed by atoms with van der Waals surface area (Å²) in [4.78, 5) is 57.6. The molecule has 0 aliphatic carbocycles. The molecule has 0 atom stereocenters. The van der Waals surface area contributed by atoms with Gasteiger partial charge in [-0.05, 0) is 169 Å². The number of nitrogens with one attached hydrogen (secondary N) is 3. The van der Waals surface area contributed by atoms with Crippen molar-refractivity contribution in [2.45, 2.75) is 235 Å². The van der Waals surface area contributed by atoms with Crippen LogP contribution in [0.2, 0.25) is 0 Å². The second-order valence-corrected chi connectivity index (χ2v) is 26.3. The van der Waals surface area contributed by atoms with Crippen molar-refractivity contribution >= 4 is 119 Å². The highest BCUT2D eigenvalue weighted by Crippen LogP contribution is 2.27. The van der Waals surface area contributed by atoms with Crippen molar-refractivity contribution in [3.8, 4) is 0 Å². The molecule has 12 aromatic carbocycles. The lowest BCUT2D eigenvalue weighted by Gasteiger charge is -2.07. The second kappa shape index (κ2) is 92.2. The summed E-state index contributed by atoms with van der Waals surface area (Å²) >= 11 is 0. The van der Waals surface area contributed by atoms with Crippen molar-refractivity contribution in [3.05, 3.63) is 367 Å². The normalized spacial score (nSPS) is 8.87. The number of nitro benzene ring substituents is 3. The van der Waals surface area contributed by atoms with Crippen LogP contribution in [-0.2, 0) is 32.4 Å². The largest absolute Gasteiger partial charge is 0.399 e. The second-order valence-electron chi connectivity index (χ2n) is 26.3. The van der Waals surface area contributed by atoms with Gasteiger partial charge in [0.25, 0.3) is 17.1 Å². The molecule has 26 heteroatoms. The average molecular weight is 1950 g/mol. The number of aromatic nitrogens is 6. The molecule has 0 saturated carbocycles. The molecule has 780 valence electrons. The molecule has 1 aliphatic heterocycles. The minimum absolute atomic E-state index is 0.0394. The number of para-hydroxylation sites is 19. The van der Waals surface area contributed by atoms with Gasteiger partial charge in [-0.1, -0.05) is 342 Å². The number of carbonyl (C=O) groups excluding carboxylic acids is 1. The molecule has 15 N–H and O–H groups in total. The molecule has 26 nitrogen and oxygen atoms in total. The van der Waals surface area contributed by atoms with E-state index in [-0.39, 0.29) is 38.5 Å². The van der Waals surface area contributed by atoms with E-state index in [1.807, 2.05) is 406 Å². The number of hydrogen-bond donors (Lipinski definition) is 9. The summed E-state index contributed by atoms with van der Waals surface area (Å²) in [5.41, 5.74) is 54.0. The summed E-state index contributed by atoms with van der Waals surface area (Å²) < 4.78 is 6.28. The van der Waals surface area contributed by atoms with Gasteiger partial charge in [0.2, 0.25) is 5.91 Å². The van der Waals surface area contributed by atoms with E-state index < -0.39 is 4.92 Å². The standard InChI is InChI=1S/C9H12N2O.3C9H10N2.C9H9N.C7H10N2.2C7H7NO2.2C7H9N.C6H6N2O2.C6H8N2.12C2H6/c1-7(12)11-9-6-4-3-5-8(9)10-2;3*1-7-10-8-5-3-4-6-9(8)11(7)2;1-7-6-8-4-2-3-5-9(8)10-7;1-9-7-5-3-2-4-6(7)8;2*1-6-4-2-3-5-7(6)8(9)10;2*1-6-4-2-3-5-7(6)8;7-5-3-1-2-4-6(5)8(9)10;7-5-3-1-2-4-6(5)8;12*1-2/h3-6,10H,1-2H3,(H,11,12);3*3-6H,1-2H3;2-5H,6H2,1H3;2-5,9H,8H2,1H3;2*2-5H,1H3;2*2-5H,8H2,1H3;1-4H,7H2;1-4H,7-8H2;12*1-2H3. The summed E-state index contributed by atoms with van der Waals surface area (Å²) in [6.07, 6.45) is 1.04. The van der Waals surface area contributed by atoms with Gasteiger partial charge in [-0.25, -0.2) is 15.0 Å². The van der Waals surface area contributed by atoms with E-state index in [4.69, 9.17) is 34.4 Å². The third-order valence-electron chi connectivity index (χ3n) is 17.6. The number of anilines is 9. The average Bonchev–Trinajstić information content (AvgIpc) is 1.69. The lowest BCUT2D eigenvalue weighted by Crippen LogP contribution is -2.07. The van der Waals surface area contributed by atoms with E-state index >= 15 is 0 Å². The van der Waals surface area contributed by atoms with Crippen LogP contribution in [0.4, 0.5) is 73.9 Å². The Kier molecular flexibility index (Phi) is 92.3. The maximum Gasteiger partial charge on any atom is 0.292 e. The fourth-order valence-electron chi connectivity index (χ4n) is 10.7. The van der Waals surface area contributed by atoms with E-state index in [1.54, 1.807) is 74.5 Å². The number of aryl methyl sites for hydroxylation is 10. The number of nitro groups is 3. The number of carbonyl (C=O) groups is 1. The van der Waals surface area contributed by atoms with Crippen LogP contribution in [0.25, 0.3) is 33.1 Å². The first kappa shape index (κ1) is 142. The number of nitrogens with two attached hydrogens (primary N) is 6. The van der Waals surface area contributed by atoms with Gasteiger partial charge in [0.05, 0.1) is 87.7 Å². The topological polar surface area (TPSA) is 405 Å². The van der Waals surface area contributed by atoms with Crippen LogP contribution >= 0.6 is 0 Å². The lowest BCUT2D eigenvalue weighted by atomic mass is 10.1. The molecular formula is C116H179N19O7. The fraction of sp³-hybridized carbons (Fsp3) is 0.336. The molecule has 0 unspecified atom stereocenters. The summed E-state index contributed by atoms with van der Waals surface area (Å²) in [6, 6.07) is 90.2. The van der Waals surface area contributed by atoms with Crippen molar-refractivity contribution in [1.29, 1.82) is 0 Å². The molecule has 0 radical (unpaired) electrons. The molecule has 0 fully saturated rings. The van der Waals surface area contributed by atoms with Crippen molar-refractivity contribution in [3.63, 3.8) is 0 Å². The van der Waals surface area contributed by atoms with Crippen molar-refractivity contribution in [2.75, 3.05) is 64.4 Å². The quantitative estimate of drug-likeness (QED) is 0.0424. The summed E-state index contributed by atoms with van der Waals surface area (Å²) in [5, 5.41) is 39.3. The molecule has 0 saturated heterocycles. The number of rotatable bonds is 6. The molecule has 4 heterocycles. The lowest BCUT2D eigenvalue weighted by molar-refractivity contribution is -0.385. The number of nitrogen functional groups attached to an aromatic ring is 6. The smallest absolute Gasteiger partial charge is 0.292 e. The number of aliphatic imine (C=N–C) groups is 1. The molecule has 1 aliphatic rings. The number of amides is 1. The molecule has 16 rings (SSSR count). The highest BCUT2D eigenvalue weighted by molar-refractivity contribution is 5.93. The Morgan fingerprint density at radius 2 is 0.528 bits per heavy atom. The van der Waals surface area contributed by atoms with Gasteiger partial charge >= 0.3 is 0 Å². The van der Waals surface area contributed by atoms with Crippen LogP contribution in [0, 0.1) is 78.8 Å². The minimum Gasteiger partial charge on any atom is -0.399 e. The van der Waals surface area contributed by atoms with Gasteiger partial charge in [0.1, 0.15) is 23.2 Å². The van der Waals surface area contributed by atoms with Crippen LogP contribution in [0.5, 0.6) is 0 Å². The van der Waals surface area contributed by atoms with E-state index in [9.17, 15) is 35.1 Å². The van der Waals surface area contributed by atoms with E-state index in [1.165, 1.54) is 59.0 Å². The van der Waals surface area contributed by atoms with Crippen molar-refractivity contribution in [2.24, 2.45) is 26.1 Å². The number of fused-ring (bicyclic) bond motifs is 4. The van der Waals surface area contributed by atoms with Crippen LogP contribution in [0.15, 0.2) is 296 Å². The van der Waals surface area contributed by atoms with Crippen molar-refractivity contribution < 1.29 is 19.6 Å². The predicted octanol–water partition coefficient (Wildman–Crippen LogP) is 32.3. The Hall–Kier alpha value is -15.2. The molecule has 1 amide bonds. The zero-order chi connectivity index (χ0) is 111. The molecule has 15 aromatic rings. The number of nitrogens with zero attached hydrogens (tertiary/aromatic N) is 10. The van der Waals surface area contributed by atoms with Crippen molar-refractivity contribution in [1.82, 2.24) is 28.7 Å². The summed E-state index contributed by atoms with van der Waals surface area (Å²) in [6.45, 7) is 65.0. The van der Waals surface area contributed by atoms with Gasteiger partial charge in [-0.3, -0.25) is 40.1 Å². The van der Waals surface area contributed by atoms with Gasteiger partial charge in [-0.2, -0.15) is 0 Å². The van der Waals surface area contributed by atoms with Gasteiger partial charge in [0, 0.05) is 95.0 Å². The first-order valence-corrected chi connectivity index (χ1v) is 49.3. The number of hydrogen-bond acceptors (Lipinski definition) is 19. The maximum absolute atomic E-state index is 10.7. The monoisotopic (exact) mass is 1950 g/mol. The Bertz CT molecular complexity index is 5260. The number of benzene rings is 12. The number of imidazole rings is 3. The minimum atomic E-state index is -0.505. The third-order valence-corrected chi connectivity index (χ3v) is 17.6. The summed E-state index contributed by atoms with van der Waals surface area (Å²) in [5.74, 6) is 3.13. The molecule has 142 heavy (non-hydrogen) atoms. The van der Waals surface area contributed by atoms with Gasteiger partial charge in [-0.15, -0.1) is 0 Å². The molecule has 0 bridgehead atoms. The maximum atomic E-state index is 10.7. The zero-order valence-corrected chi connectivity index (χ0v) is 93.2. The van der Waals surface area contributed by atoms with Crippen LogP contribution in [-0.4, -0.2) is 69.1 Å². The van der Waals surface area contributed by atoms with Gasteiger partial charge in [0.15, 0.2) is 0 Å². The highest BCUT2D eigenvalue weighted by Gasteiger charge is 2.11. The molecular weight excluding hydrogens is 1770 g/mol. The SMILES string of the molecule is CC.CC.CC.CC.CC.CC.CC.CC.CC.CC.CC.CC.CC1=Nc2ccccc2C1.CNc1ccccc1N.CNc1ccccc1NC(C)=O.Cc1ccccc1N.Cc1ccccc1N.Cc1ccccc1[N+](=O)[O-].Cc1ccccc1[N+](=O)[O-].Cc1nc2ccccc2n1C.Cc1nc2ccccc2n1C.Cc1nc2ccccc2n1C.Nc1ccccc1N.Nc1ccccc1[N+](=O)[O-]. The highest BCUT2D eigenvalue weighted by atomic mass is 16.6. The Balaban J connectivity index is -0.000000226. The Morgan fingerprint density at radius 3 is 0.761 bits per heavy atom. The van der Waals surface area contributed by atoms with E-state index in [0.29, 0.717) is 22.5 Å². The van der Waals surface area contributed by atoms with E-state index in [0.717, 1.165) is 91.4 Å². The van der Waals surface area contributed by atoms with E-state index in [2.05, 4.69) is 92.9 Å². The molecule has 3 aromatic heterocycles. The third kappa shape index (κ3) is 58.5. The Morgan fingerprint density at radius 1 is 0.289 bits per heavy atom. The summed E-state index contributed by atoms with van der Waals surface area (Å²) in [7, 11) is 9.77.